The number of halogens is 2. The van der Waals surface area contributed by atoms with Crippen molar-refractivity contribution >= 4 is 29.1 Å². The quantitative estimate of drug-likeness (QED) is 0.757. The minimum Gasteiger partial charge on any atom is -0.388 e. The highest BCUT2D eigenvalue weighted by Gasteiger charge is 2.36. The number of rotatable bonds is 3. The summed E-state index contributed by atoms with van der Waals surface area (Å²) in [5.74, 6) is -0.440. The van der Waals surface area contributed by atoms with Gasteiger partial charge >= 0.3 is 0 Å². The van der Waals surface area contributed by atoms with Crippen LogP contribution in [0.1, 0.15) is 39.0 Å². The van der Waals surface area contributed by atoms with Crippen LogP contribution >= 0.6 is 23.2 Å². The average molecular weight is 254 g/mol. The number of carbonyl (C=O) groups excluding carboxylic acids is 1. The van der Waals surface area contributed by atoms with Crippen LogP contribution in [0.5, 0.6) is 0 Å². The average Bonchev–Trinajstić information content (AvgIpc) is 2.18. The number of alkyl halides is 2. The van der Waals surface area contributed by atoms with Gasteiger partial charge in [-0.25, -0.2) is 0 Å². The first-order chi connectivity index (χ1) is 6.96. The van der Waals surface area contributed by atoms with Gasteiger partial charge in [0.1, 0.15) is 0 Å². The Kier molecular flexibility index (Phi) is 4.68. The fraction of sp³-hybridized carbons (Fsp3) is 0.900. The molecule has 0 aromatic heterocycles. The summed E-state index contributed by atoms with van der Waals surface area (Å²) in [5, 5.41) is 12.9. The summed E-state index contributed by atoms with van der Waals surface area (Å²) < 4.78 is 0. The Balaban J connectivity index is 2.51. The van der Waals surface area contributed by atoms with Crippen molar-refractivity contribution in [2.75, 3.05) is 0 Å². The monoisotopic (exact) mass is 253 g/mol. The molecule has 1 aliphatic rings. The lowest BCUT2D eigenvalue weighted by molar-refractivity contribution is -0.123. The number of amides is 1. The number of aliphatic hydroxyl groups is 1. The molecule has 88 valence electrons. The van der Waals surface area contributed by atoms with Crippen LogP contribution in [0.3, 0.4) is 0 Å². The topological polar surface area (TPSA) is 49.3 Å². The number of carbonyl (C=O) groups is 1. The fourth-order valence-electron chi connectivity index (χ4n) is 2.01. The molecule has 2 N–H and O–H groups in total. The molecule has 1 saturated carbocycles. The zero-order chi connectivity index (χ0) is 11.5. The minimum absolute atomic E-state index is 0.301. The van der Waals surface area contributed by atoms with Crippen molar-refractivity contribution in [3.8, 4) is 0 Å². The minimum atomic E-state index is -1.07. The van der Waals surface area contributed by atoms with E-state index in [2.05, 4.69) is 5.32 Å². The third kappa shape index (κ3) is 3.51. The maximum atomic E-state index is 11.3. The highest BCUT2D eigenvalue weighted by atomic mass is 35.5. The van der Waals surface area contributed by atoms with Gasteiger partial charge in [0.25, 0.3) is 5.91 Å². The summed E-state index contributed by atoms with van der Waals surface area (Å²) in [7, 11) is 0. The molecular formula is C10H17Cl2NO2. The first kappa shape index (κ1) is 13.1. The Hall–Kier alpha value is 0.01000. The van der Waals surface area contributed by atoms with E-state index in [-0.39, 0.29) is 6.04 Å². The molecule has 5 heteroatoms. The molecule has 0 heterocycles. The van der Waals surface area contributed by atoms with E-state index in [1.807, 2.05) is 0 Å². The van der Waals surface area contributed by atoms with Crippen LogP contribution in [-0.2, 0) is 4.79 Å². The summed E-state index contributed by atoms with van der Waals surface area (Å²) in [6, 6.07) is -0.301. The Morgan fingerprint density at radius 2 is 1.87 bits per heavy atom. The Bertz CT molecular complexity index is 227. The van der Waals surface area contributed by atoms with E-state index in [1.54, 1.807) is 6.92 Å². The van der Waals surface area contributed by atoms with Crippen LogP contribution in [-0.4, -0.2) is 27.5 Å². The van der Waals surface area contributed by atoms with Crippen molar-refractivity contribution in [1.82, 2.24) is 5.32 Å². The van der Waals surface area contributed by atoms with Crippen molar-refractivity contribution in [2.24, 2.45) is 0 Å². The maximum Gasteiger partial charge on any atom is 0.253 e. The van der Waals surface area contributed by atoms with Gasteiger partial charge in [0.2, 0.25) is 0 Å². The molecule has 1 aliphatic carbocycles. The van der Waals surface area contributed by atoms with Crippen molar-refractivity contribution in [3.63, 3.8) is 0 Å². The zero-order valence-electron chi connectivity index (χ0n) is 8.80. The van der Waals surface area contributed by atoms with E-state index >= 15 is 0 Å². The molecule has 1 atom stereocenters. The third-order valence-corrected chi connectivity index (χ3v) is 3.48. The smallest absolute Gasteiger partial charge is 0.253 e. The van der Waals surface area contributed by atoms with Gasteiger partial charge in [-0.3, -0.25) is 4.79 Å². The molecule has 1 amide bonds. The first-order valence-electron chi connectivity index (χ1n) is 5.26. The third-order valence-electron chi connectivity index (χ3n) is 3.08. The molecule has 1 unspecified atom stereocenters. The van der Waals surface area contributed by atoms with Gasteiger partial charge in [0.05, 0.1) is 11.6 Å². The molecule has 0 radical (unpaired) electrons. The van der Waals surface area contributed by atoms with Gasteiger partial charge in [-0.05, 0) is 19.8 Å². The molecule has 0 aromatic carbocycles. The zero-order valence-corrected chi connectivity index (χ0v) is 10.3. The molecule has 0 aliphatic heterocycles. The van der Waals surface area contributed by atoms with E-state index in [0.29, 0.717) is 0 Å². The molecule has 1 fully saturated rings. The Morgan fingerprint density at radius 3 is 2.33 bits per heavy atom. The van der Waals surface area contributed by atoms with Crippen LogP contribution < -0.4 is 5.32 Å². The molecule has 15 heavy (non-hydrogen) atoms. The van der Waals surface area contributed by atoms with Crippen LogP contribution in [0.15, 0.2) is 0 Å². The SMILES string of the molecule is CC(NC(=O)C(Cl)Cl)C1(O)CCCCC1. The molecule has 0 bridgehead atoms. The van der Waals surface area contributed by atoms with E-state index < -0.39 is 16.3 Å². The van der Waals surface area contributed by atoms with Crippen LogP contribution in [0.25, 0.3) is 0 Å². The second-order valence-electron chi connectivity index (χ2n) is 4.20. The number of hydrogen-bond acceptors (Lipinski definition) is 2. The summed E-state index contributed by atoms with van der Waals surface area (Å²) in [5.41, 5.74) is -0.795. The predicted molar refractivity (Wildman–Crippen MR) is 61.1 cm³/mol. The Morgan fingerprint density at radius 1 is 1.33 bits per heavy atom. The second-order valence-corrected chi connectivity index (χ2v) is 5.29. The molecule has 1 rings (SSSR count). The maximum absolute atomic E-state index is 11.3. The van der Waals surface area contributed by atoms with E-state index in [9.17, 15) is 9.90 Å². The molecular weight excluding hydrogens is 237 g/mol. The molecule has 0 spiro atoms. The van der Waals surface area contributed by atoms with Gasteiger partial charge < -0.3 is 10.4 Å². The lowest BCUT2D eigenvalue weighted by Crippen LogP contribution is -2.53. The summed E-state index contributed by atoms with van der Waals surface area (Å²) in [4.78, 5) is 10.2. The summed E-state index contributed by atoms with van der Waals surface area (Å²) in [6.07, 6.45) is 4.60. The Labute approximate surface area is 100 Å². The second kappa shape index (κ2) is 5.37. The van der Waals surface area contributed by atoms with Crippen molar-refractivity contribution in [3.05, 3.63) is 0 Å². The summed E-state index contributed by atoms with van der Waals surface area (Å²) in [6.45, 7) is 1.79. The molecule has 0 aromatic rings. The van der Waals surface area contributed by atoms with Gasteiger partial charge in [0.15, 0.2) is 4.84 Å². The van der Waals surface area contributed by atoms with Crippen LogP contribution in [0, 0.1) is 0 Å². The van der Waals surface area contributed by atoms with Gasteiger partial charge in [-0.15, -0.1) is 0 Å². The highest BCUT2D eigenvalue weighted by Crippen LogP contribution is 2.30. The van der Waals surface area contributed by atoms with E-state index in [1.165, 1.54) is 0 Å². The number of nitrogens with one attached hydrogen (secondary N) is 1. The lowest BCUT2D eigenvalue weighted by Gasteiger charge is -2.37. The van der Waals surface area contributed by atoms with Crippen LogP contribution in [0.4, 0.5) is 0 Å². The number of hydrogen-bond donors (Lipinski definition) is 2. The van der Waals surface area contributed by atoms with Crippen molar-refractivity contribution in [2.45, 2.75) is 55.5 Å². The van der Waals surface area contributed by atoms with Gasteiger partial charge in [-0.1, -0.05) is 42.5 Å². The van der Waals surface area contributed by atoms with Gasteiger partial charge in [0, 0.05) is 0 Å². The van der Waals surface area contributed by atoms with Crippen molar-refractivity contribution < 1.29 is 9.90 Å². The largest absolute Gasteiger partial charge is 0.388 e. The predicted octanol–water partition coefficient (Wildman–Crippen LogP) is 1.99. The van der Waals surface area contributed by atoms with Crippen molar-refractivity contribution in [1.29, 1.82) is 0 Å². The fourth-order valence-corrected chi connectivity index (χ4v) is 2.13. The first-order valence-corrected chi connectivity index (χ1v) is 6.14. The summed E-state index contributed by atoms with van der Waals surface area (Å²) >= 11 is 10.9. The standard InChI is InChI=1S/C10H17Cl2NO2/c1-7(13-9(14)8(11)12)10(15)5-3-2-4-6-10/h7-8,15H,2-6H2,1H3,(H,13,14). The van der Waals surface area contributed by atoms with Crippen LogP contribution in [0.2, 0.25) is 0 Å². The highest BCUT2D eigenvalue weighted by molar-refractivity contribution is 6.53. The normalized spacial score (nSPS) is 22.5. The molecule has 3 nitrogen and oxygen atoms in total. The van der Waals surface area contributed by atoms with E-state index in [4.69, 9.17) is 23.2 Å². The van der Waals surface area contributed by atoms with Gasteiger partial charge in [-0.2, -0.15) is 0 Å². The van der Waals surface area contributed by atoms with E-state index in [0.717, 1.165) is 32.1 Å². The molecule has 0 saturated heterocycles. The lowest BCUT2D eigenvalue weighted by atomic mass is 9.80.